The van der Waals surface area contributed by atoms with Crippen LogP contribution in [0.2, 0.25) is 0 Å². The minimum atomic E-state index is -4.34. The molecule has 0 fully saturated rings. The fourth-order valence-electron chi connectivity index (χ4n) is 3.92. The zero-order chi connectivity index (χ0) is 22.1. The lowest BCUT2D eigenvalue weighted by atomic mass is 10.1. The summed E-state index contributed by atoms with van der Waals surface area (Å²) in [5.41, 5.74) is 4.44. The standard InChI is InChI=1S/C25H20F3N3S/c26-25(27,28)21-8-6-18(7-9-21)24-29-13-20-14-31(11-10-23(20)30-24)15-22-12-19(16-32-22)17-4-2-1-3-5-17/h1-9,12-13,16H,10-11,14-15H2. The van der Waals surface area contributed by atoms with Gasteiger partial charge in [0.05, 0.1) is 11.3 Å². The topological polar surface area (TPSA) is 29.0 Å². The fraction of sp³-hybridized carbons (Fsp3) is 0.200. The normalized spacial score (nSPS) is 14.3. The molecule has 2 aromatic carbocycles. The quantitative estimate of drug-likeness (QED) is 0.357. The summed E-state index contributed by atoms with van der Waals surface area (Å²) < 4.78 is 38.4. The third-order valence-corrected chi connectivity index (χ3v) is 6.55. The van der Waals surface area contributed by atoms with Gasteiger partial charge >= 0.3 is 6.18 Å². The van der Waals surface area contributed by atoms with Gasteiger partial charge in [0.1, 0.15) is 0 Å². The van der Waals surface area contributed by atoms with E-state index in [1.54, 1.807) is 11.3 Å². The molecule has 5 rings (SSSR count). The first-order chi connectivity index (χ1) is 15.5. The average Bonchev–Trinajstić information content (AvgIpc) is 3.27. The van der Waals surface area contributed by atoms with Crippen LogP contribution in [0.15, 0.2) is 72.2 Å². The maximum absolute atomic E-state index is 12.8. The van der Waals surface area contributed by atoms with Crippen LogP contribution in [0.25, 0.3) is 22.5 Å². The zero-order valence-corrected chi connectivity index (χ0v) is 18.0. The molecule has 1 aliphatic rings. The molecule has 0 aliphatic carbocycles. The lowest BCUT2D eigenvalue weighted by Crippen LogP contribution is -2.30. The maximum atomic E-state index is 12.8. The molecule has 0 saturated carbocycles. The van der Waals surface area contributed by atoms with Crippen LogP contribution in [0, 0.1) is 0 Å². The molecule has 2 aromatic heterocycles. The summed E-state index contributed by atoms with van der Waals surface area (Å²) in [7, 11) is 0. The van der Waals surface area contributed by atoms with Gasteiger partial charge in [0.15, 0.2) is 5.82 Å². The van der Waals surface area contributed by atoms with E-state index in [4.69, 9.17) is 0 Å². The summed E-state index contributed by atoms with van der Waals surface area (Å²) in [5.74, 6) is 0.469. The molecule has 0 amide bonds. The predicted octanol–water partition coefficient (Wildman–Crippen LogP) is 6.45. The Kier molecular flexibility index (Phi) is 5.53. The summed E-state index contributed by atoms with van der Waals surface area (Å²) >= 11 is 1.77. The first kappa shape index (κ1) is 20.8. The van der Waals surface area contributed by atoms with Gasteiger partial charge in [0, 0.05) is 48.3 Å². The van der Waals surface area contributed by atoms with E-state index >= 15 is 0 Å². The van der Waals surface area contributed by atoms with E-state index in [2.05, 4.69) is 38.4 Å². The highest BCUT2D eigenvalue weighted by Crippen LogP contribution is 2.31. The molecule has 0 spiro atoms. The molecule has 0 saturated heterocycles. The van der Waals surface area contributed by atoms with E-state index in [-0.39, 0.29) is 0 Å². The Morgan fingerprint density at radius 1 is 0.938 bits per heavy atom. The minimum absolute atomic E-state index is 0.469. The number of hydrogen-bond acceptors (Lipinski definition) is 4. The van der Waals surface area contributed by atoms with E-state index in [0.29, 0.717) is 11.4 Å². The van der Waals surface area contributed by atoms with Crippen LogP contribution in [-0.4, -0.2) is 21.4 Å². The van der Waals surface area contributed by atoms with Crippen LogP contribution in [0.3, 0.4) is 0 Å². The number of aromatic nitrogens is 2. The lowest BCUT2D eigenvalue weighted by Gasteiger charge is -2.27. The van der Waals surface area contributed by atoms with Crippen molar-refractivity contribution in [2.75, 3.05) is 6.54 Å². The Hall–Kier alpha value is -3.03. The van der Waals surface area contributed by atoms with Gasteiger partial charge in [-0.1, -0.05) is 42.5 Å². The molecule has 0 N–H and O–H groups in total. The zero-order valence-electron chi connectivity index (χ0n) is 17.1. The lowest BCUT2D eigenvalue weighted by molar-refractivity contribution is -0.137. The molecule has 0 radical (unpaired) electrons. The number of hydrogen-bond donors (Lipinski definition) is 0. The molecule has 1 aliphatic heterocycles. The summed E-state index contributed by atoms with van der Waals surface area (Å²) in [6, 6.07) is 17.6. The monoisotopic (exact) mass is 451 g/mol. The number of benzene rings is 2. The van der Waals surface area contributed by atoms with Gasteiger partial charge in [0.2, 0.25) is 0 Å². The SMILES string of the molecule is FC(F)(F)c1ccc(-c2ncc3c(n2)CCN(Cc2cc(-c4ccccc4)cs2)C3)cc1. The van der Waals surface area contributed by atoms with Crippen LogP contribution < -0.4 is 0 Å². The fourth-order valence-corrected chi connectivity index (χ4v) is 4.86. The summed E-state index contributed by atoms with van der Waals surface area (Å²) in [6.45, 7) is 2.52. The largest absolute Gasteiger partial charge is 0.416 e. The summed E-state index contributed by atoms with van der Waals surface area (Å²) in [5, 5.41) is 2.20. The van der Waals surface area contributed by atoms with Crippen molar-refractivity contribution in [2.24, 2.45) is 0 Å². The Balaban J connectivity index is 1.27. The smallest absolute Gasteiger partial charge is 0.293 e. The Morgan fingerprint density at radius 2 is 1.72 bits per heavy atom. The van der Waals surface area contributed by atoms with Crippen LogP contribution in [-0.2, 0) is 25.7 Å². The number of halogens is 3. The third kappa shape index (κ3) is 4.45. The second-order valence-electron chi connectivity index (χ2n) is 7.87. The molecule has 7 heteroatoms. The molecule has 0 unspecified atom stereocenters. The molecular formula is C25H20F3N3S. The molecule has 3 heterocycles. The number of alkyl halides is 3. The third-order valence-electron chi connectivity index (χ3n) is 5.62. The van der Waals surface area contributed by atoms with Crippen molar-refractivity contribution in [3.63, 3.8) is 0 Å². The highest BCUT2D eigenvalue weighted by Gasteiger charge is 2.30. The van der Waals surface area contributed by atoms with E-state index in [9.17, 15) is 13.2 Å². The Bertz CT molecular complexity index is 1220. The number of fused-ring (bicyclic) bond motifs is 1. The molecular weight excluding hydrogens is 431 g/mol. The molecule has 3 nitrogen and oxygen atoms in total. The van der Waals surface area contributed by atoms with Crippen molar-refractivity contribution >= 4 is 11.3 Å². The summed E-state index contributed by atoms with van der Waals surface area (Å²) in [4.78, 5) is 12.8. The van der Waals surface area contributed by atoms with Crippen molar-refractivity contribution in [3.8, 4) is 22.5 Å². The highest BCUT2D eigenvalue weighted by atomic mass is 32.1. The van der Waals surface area contributed by atoms with Crippen LogP contribution >= 0.6 is 11.3 Å². The number of thiophene rings is 1. The molecule has 162 valence electrons. The second-order valence-corrected chi connectivity index (χ2v) is 8.86. The van der Waals surface area contributed by atoms with Crippen molar-refractivity contribution in [2.45, 2.75) is 25.7 Å². The highest BCUT2D eigenvalue weighted by molar-refractivity contribution is 7.10. The van der Waals surface area contributed by atoms with Crippen LogP contribution in [0.4, 0.5) is 13.2 Å². The number of nitrogens with zero attached hydrogens (tertiary/aromatic N) is 3. The van der Waals surface area contributed by atoms with Gasteiger partial charge in [-0.25, -0.2) is 9.97 Å². The van der Waals surface area contributed by atoms with Crippen molar-refractivity contribution in [1.82, 2.24) is 14.9 Å². The Labute approximate surface area is 188 Å². The van der Waals surface area contributed by atoms with Gasteiger partial charge in [-0.2, -0.15) is 13.2 Å². The van der Waals surface area contributed by atoms with E-state index < -0.39 is 11.7 Å². The van der Waals surface area contributed by atoms with Gasteiger partial charge in [-0.3, -0.25) is 4.90 Å². The minimum Gasteiger partial charge on any atom is -0.293 e. The summed E-state index contributed by atoms with van der Waals surface area (Å²) in [6.07, 6.45) is -1.74. The van der Waals surface area contributed by atoms with Crippen molar-refractivity contribution in [1.29, 1.82) is 0 Å². The van der Waals surface area contributed by atoms with Crippen LogP contribution in [0.1, 0.15) is 21.7 Å². The molecule has 0 atom stereocenters. The van der Waals surface area contributed by atoms with Crippen LogP contribution in [0.5, 0.6) is 0 Å². The van der Waals surface area contributed by atoms with Gasteiger partial charge in [-0.05, 0) is 34.7 Å². The second kappa shape index (κ2) is 8.48. The number of rotatable bonds is 4. The van der Waals surface area contributed by atoms with Gasteiger partial charge < -0.3 is 0 Å². The first-order valence-electron chi connectivity index (χ1n) is 10.3. The molecule has 32 heavy (non-hydrogen) atoms. The van der Waals surface area contributed by atoms with E-state index in [0.717, 1.165) is 49.4 Å². The average molecular weight is 452 g/mol. The first-order valence-corrected chi connectivity index (χ1v) is 11.2. The van der Waals surface area contributed by atoms with Crippen molar-refractivity contribution in [3.05, 3.63) is 93.9 Å². The van der Waals surface area contributed by atoms with Crippen molar-refractivity contribution < 1.29 is 13.2 Å². The van der Waals surface area contributed by atoms with Gasteiger partial charge in [0.25, 0.3) is 0 Å². The van der Waals surface area contributed by atoms with E-state index in [1.807, 2.05) is 24.4 Å². The predicted molar refractivity (Wildman–Crippen MR) is 120 cm³/mol. The maximum Gasteiger partial charge on any atom is 0.416 e. The molecule has 0 bridgehead atoms. The molecule has 4 aromatic rings. The Morgan fingerprint density at radius 3 is 2.47 bits per heavy atom. The van der Waals surface area contributed by atoms with Gasteiger partial charge in [-0.15, -0.1) is 11.3 Å². The van der Waals surface area contributed by atoms with E-state index in [1.165, 1.54) is 28.1 Å².